The topological polar surface area (TPSA) is 69.6 Å². The highest BCUT2D eigenvalue weighted by atomic mass is 32.1. The number of phenolic OH excluding ortho intramolecular Hbond substituents is 1. The van der Waals surface area contributed by atoms with E-state index in [2.05, 4.69) is 17.2 Å². The van der Waals surface area contributed by atoms with Crippen molar-refractivity contribution < 1.29 is 15.0 Å². The van der Waals surface area contributed by atoms with E-state index < -0.39 is 0 Å². The van der Waals surface area contributed by atoms with Crippen LogP contribution < -0.4 is 5.32 Å². The van der Waals surface area contributed by atoms with Crippen LogP contribution in [0.4, 0.5) is 0 Å². The Morgan fingerprint density at radius 3 is 2.67 bits per heavy atom. The molecule has 0 spiro atoms. The Hall–Kier alpha value is -2.29. The summed E-state index contributed by atoms with van der Waals surface area (Å²) in [6.07, 6.45) is 0.281. The highest BCUT2D eigenvalue weighted by Gasteiger charge is 2.04. The van der Waals surface area contributed by atoms with Crippen molar-refractivity contribution in [1.29, 1.82) is 0 Å². The molecule has 0 saturated carbocycles. The van der Waals surface area contributed by atoms with Gasteiger partial charge in [0, 0.05) is 4.88 Å². The van der Waals surface area contributed by atoms with E-state index in [1.807, 2.05) is 12.1 Å². The minimum absolute atomic E-state index is 0.0721. The van der Waals surface area contributed by atoms with Crippen LogP contribution in [0.1, 0.15) is 15.3 Å². The lowest BCUT2D eigenvalue weighted by molar-refractivity contribution is -0.120. The molecular formula is C16H15NO3S. The second-order valence-corrected chi connectivity index (χ2v) is 5.51. The Morgan fingerprint density at radius 1 is 1.19 bits per heavy atom. The van der Waals surface area contributed by atoms with Gasteiger partial charge in [0.1, 0.15) is 12.4 Å². The van der Waals surface area contributed by atoms with Gasteiger partial charge < -0.3 is 15.5 Å². The first-order valence-corrected chi connectivity index (χ1v) is 7.22. The van der Waals surface area contributed by atoms with Crippen LogP contribution >= 0.6 is 11.3 Å². The third-order valence-corrected chi connectivity index (χ3v) is 3.71. The summed E-state index contributed by atoms with van der Waals surface area (Å²) in [5.74, 6) is 5.53. The Balaban J connectivity index is 1.83. The van der Waals surface area contributed by atoms with Gasteiger partial charge in [-0.1, -0.05) is 24.0 Å². The van der Waals surface area contributed by atoms with Crippen molar-refractivity contribution >= 4 is 17.2 Å². The first-order chi connectivity index (χ1) is 10.2. The van der Waals surface area contributed by atoms with Crippen molar-refractivity contribution in [3.05, 3.63) is 51.7 Å². The lowest BCUT2D eigenvalue weighted by Gasteiger charge is -2.04. The highest BCUT2D eigenvalue weighted by molar-refractivity contribution is 7.12. The molecule has 0 unspecified atom stereocenters. The monoisotopic (exact) mass is 301 g/mol. The maximum Gasteiger partial charge on any atom is 0.224 e. The van der Waals surface area contributed by atoms with Gasteiger partial charge in [0.25, 0.3) is 0 Å². The maximum absolute atomic E-state index is 11.8. The van der Waals surface area contributed by atoms with Crippen LogP contribution in [0.3, 0.4) is 0 Å². The number of hydrogen-bond acceptors (Lipinski definition) is 4. The van der Waals surface area contributed by atoms with Gasteiger partial charge in [-0.05, 0) is 29.8 Å². The molecular weight excluding hydrogens is 286 g/mol. The SMILES string of the molecule is O=C(Cc1ccc(O)cc1)NCc1ccc(C#CCO)s1. The fourth-order valence-electron chi connectivity index (χ4n) is 1.71. The molecule has 1 amide bonds. The molecule has 3 N–H and O–H groups in total. The maximum atomic E-state index is 11.8. The summed E-state index contributed by atoms with van der Waals surface area (Å²) in [7, 11) is 0. The summed E-state index contributed by atoms with van der Waals surface area (Å²) in [4.78, 5) is 13.7. The fourth-order valence-corrected chi connectivity index (χ4v) is 2.54. The van der Waals surface area contributed by atoms with Gasteiger partial charge in [0.2, 0.25) is 5.91 Å². The quantitative estimate of drug-likeness (QED) is 0.752. The average molecular weight is 301 g/mol. The zero-order valence-electron chi connectivity index (χ0n) is 11.3. The number of phenols is 1. The van der Waals surface area contributed by atoms with Gasteiger partial charge >= 0.3 is 0 Å². The molecule has 0 aliphatic rings. The van der Waals surface area contributed by atoms with E-state index >= 15 is 0 Å². The van der Waals surface area contributed by atoms with Gasteiger partial charge in [-0.25, -0.2) is 0 Å². The van der Waals surface area contributed by atoms with Crippen LogP contribution in [0.15, 0.2) is 36.4 Å². The number of aromatic hydroxyl groups is 1. The third-order valence-electron chi connectivity index (χ3n) is 2.71. The molecule has 0 atom stereocenters. The van der Waals surface area contributed by atoms with E-state index in [0.29, 0.717) is 6.54 Å². The molecule has 1 heterocycles. The van der Waals surface area contributed by atoms with E-state index in [-0.39, 0.29) is 24.7 Å². The summed E-state index contributed by atoms with van der Waals surface area (Å²) < 4.78 is 0. The van der Waals surface area contributed by atoms with Gasteiger partial charge in [-0.15, -0.1) is 11.3 Å². The summed E-state index contributed by atoms with van der Waals surface area (Å²) >= 11 is 1.49. The molecule has 0 aliphatic carbocycles. The molecule has 5 heteroatoms. The molecule has 1 aromatic heterocycles. The zero-order valence-corrected chi connectivity index (χ0v) is 12.1. The number of carbonyl (C=O) groups excluding carboxylic acids is 1. The molecule has 2 aromatic rings. The number of amides is 1. The Kier molecular flexibility index (Phi) is 5.38. The Morgan fingerprint density at radius 2 is 1.95 bits per heavy atom. The molecule has 4 nitrogen and oxygen atoms in total. The molecule has 0 saturated heterocycles. The molecule has 0 radical (unpaired) electrons. The lowest BCUT2D eigenvalue weighted by Crippen LogP contribution is -2.24. The van der Waals surface area contributed by atoms with Crippen LogP contribution in [0.5, 0.6) is 5.75 Å². The van der Waals surface area contributed by atoms with Gasteiger partial charge in [0.15, 0.2) is 0 Å². The van der Waals surface area contributed by atoms with Crippen molar-refractivity contribution in [2.45, 2.75) is 13.0 Å². The van der Waals surface area contributed by atoms with E-state index in [0.717, 1.165) is 15.3 Å². The molecule has 0 aliphatic heterocycles. The first kappa shape index (κ1) is 15.1. The largest absolute Gasteiger partial charge is 0.508 e. The third kappa shape index (κ3) is 4.95. The smallest absolute Gasteiger partial charge is 0.224 e. The fraction of sp³-hybridized carbons (Fsp3) is 0.188. The molecule has 2 rings (SSSR count). The van der Waals surface area contributed by atoms with Gasteiger partial charge in [0.05, 0.1) is 17.8 Å². The average Bonchev–Trinajstić information content (AvgIpc) is 2.93. The predicted molar refractivity (Wildman–Crippen MR) is 81.9 cm³/mol. The van der Waals surface area contributed by atoms with Gasteiger partial charge in [-0.3, -0.25) is 4.79 Å². The Labute approximate surface area is 127 Å². The number of rotatable bonds is 4. The predicted octanol–water partition coefficient (Wildman–Crippen LogP) is 1.66. The number of benzene rings is 1. The van der Waals surface area contributed by atoms with E-state index in [1.54, 1.807) is 24.3 Å². The van der Waals surface area contributed by atoms with Crippen molar-refractivity contribution in [3.63, 3.8) is 0 Å². The molecule has 0 fully saturated rings. The minimum atomic E-state index is -0.156. The molecule has 108 valence electrons. The number of aliphatic hydroxyl groups excluding tert-OH is 1. The summed E-state index contributed by atoms with van der Waals surface area (Å²) in [5, 5.41) is 20.6. The first-order valence-electron chi connectivity index (χ1n) is 6.40. The van der Waals surface area contributed by atoms with E-state index in [1.165, 1.54) is 11.3 Å². The second-order valence-electron chi connectivity index (χ2n) is 4.35. The number of nitrogens with one attached hydrogen (secondary N) is 1. The van der Waals surface area contributed by atoms with Crippen molar-refractivity contribution in [3.8, 4) is 17.6 Å². The van der Waals surface area contributed by atoms with Crippen LogP contribution in [-0.2, 0) is 17.8 Å². The minimum Gasteiger partial charge on any atom is -0.508 e. The molecule has 1 aromatic carbocycles. The second kappa shape index (κ2) is 7.48. The van der Waals surface area contributed by atoms with Crippen LogP contribution in [0.25, 0.3) is 0 Å². The van der Waals surface area contributed by atoms with Crippen LogP contribution in [-0.4, -0.2) is 22.7 Å². The van der Waals surface area contributed by atoms with Crippen LogP contribution in [0.2, 0.25) is 0 Å². The standard InChI is InChI=1S/C16H15NO3S/c18-9-1-2-14-7-8-15(21-14)11-17-16(20)10-12-3-5-13(19)6-4-12/h3-8,18-19H,9-11H2,(H,17,20). The van der Waals surface area contributed by atoms with Crippen molar-refractivity contribution in [2.75, 3.05) is 6.61 Å². The molecule has 0 bridgehead atoms. The number of aliphatic hydroxyl groups is 1. The number of hydrogen-bond donors (Lipinski definition) is 3. The van der Waals surface area contributed by atoms with Crippen molar-refractivity contribution in [2.24, 2.45) is 0 Å². The Bertz CT molecular complexity index is 665. The number of carbonyl (C=O) groups is 1. The zero-order chi connectivity index (χ0) is 15.1. The normalized spacial score (nSPS) is 9.76. The lowest BCUT2D eigenvalue weighted by atomic mass is 10.1. The number of thiophene rings is 1. The van der Waals surface area contributed by atoms with Crippen molar-refractivity contribution in [1.82, 2.24) is 5.32 Å². The van der Waals surface area contributed by atoms with Crippen LogP contribution in [0, 0.1) is 11.8 Å². The van der Waals surface area contributed by atoms with Gasteiger partial charge in [-0.2, -0.15) is 0 Å². The van der Waals surface area contributed by atoms with E-state index in [9.17, 15) is 9.90 Å². The highest BCUT2D eigenvalue weighted by Crippen LogP contribution is 2.15. The molecule has 21 heavy (non-hydrogen) atoms. The summed E-state index contributed by atoms with van der Waals surface area (Å²) in [6, 6.07) is 10.4. The summed E-state index contributed by atoms with van der Waals surface area (Å²) in [5.41, 5.74) is 0.853. The van der Waals surface area contributed by atoms with E-state index in [4.69, 9.17) is 5.11 Å². The summed E-state index contributed by atoms with van der Waals surface area (Å²) in [6.45, 7) is 0.305.